The maximum Gasteiger partial charge on any atom is 0.150 e. The monoisotopic (exact) mass is 338 g/mol. The highest BCUT2D eigenvalue weighted by Crippen LogP contribution is 2.29. The molecule has 1 heterocycles. The second kappa shape index (κ2) is 6.65. The largest absolute Gasteiger partial charge is 0.369 e. The highest BCUT2D eigenvalue weighted by atomic mass is 79.9. The molecule has 2 N–H and O–H groups in total. The molecule has 0 aliphatic carbocycles. The van der Waals surface area contributed by atoms with Crippen molar-refractivity contribution in [2.75, 3.05) is 17.2 Å². The molecule has 0 amide bonds. The number of aryl methyl sites for hydroxylation is 1. The van der Waals surface area contributed by atoms with Crippen molar-refractivity contribution in [2.45, 2.75) is 20.3 Å². The number of anilines is 3. The average molecular weight is 339 g/mol. The summed E-state index contributed by atoms with van der Waals surface area (Å²) in [6.45, 7) is 4.73. The zero-order valence-corrected chi connectivity index (χ0v) is 13.0. The molecule has 6 heteroatoms. The van der Waals surface area contributed by atoms with Gasteiger partial charge < -0.3 is 10.6 Å². The van der Waals surface area contributed by atoms with E-state index in [1.807, 2.05) is 13.0 Å². The Hall–Kier alpha value is -1.69. The van der Waals surface area contributed by atoms with Crippen molar-refractivity contribution in [3.05, 3.63) is 40.4 Å². The fourth-order valence-electron chi connectivity index (χ4n) is 1.67. The molecule has 20 heavy (non-hydrogen) atoms. The van der Waals surface area contributed by atoms with Crippen molar-refractivity contribution in [1.29, 1.82) is 0 Å². The lowest BCUT2D eigenvalue weighted by molar-refractivity contribution is 0.630. The van der Waals surface area contributed by atoms with Crippen LogP contribution in [0.5, 0.6) is 0 Å². The summed E-state index contributed by atoms with van der Waals surface area (Å²) in [4.78, 5) is 8.28. The third kappa shape index (κ3) is 3.45. The Morgan fingerprint density at radius 2 is 2.00 bits per heavy atom. The van der Waals surface area contributed by atoms with Crippen LogP contribution in [0, 0.1) is 12.7 Å². The Balaban J connectivity index is 2.24. The number of hydrogen-bond donors (Lipinski definition) is 2. The molecule has 0 unspecified atom stereocenters. The van der Waals surface area contributed by atoms with Crippen molar-refractivity contribution in [2.24, 2.45) is 0 Å². The minimum atomic E-state index is -0.307. The summed E-state index contributed by atoms with van der Waals surface area (Å²) in [6.07, 6.45) is 2.43. The van der Waals surface area contributed by atoms with Crippen LogP contribution in [0.15, 0.2) is 29.0 Å². The smallest absolute Gasteiger partial charge is 0.150 e. The normalized spacial score (nSPS) is 10.4. The Bertz CT molecular complexity index is 604. The molecule has 0 atom stereocenters. The van der Waals surface area contributed by atoms with E-state index in [4.69, 9.17) is 0 Å². The van der Waals surface area contributed by atoms with Gasteiger partial charge in [-0.2, -0.15) is 0 Å². The molecule has 4 nitrogen and oxygen atoms in total. The molecule has 1 aromatic carbocycles. The summed E-state index contributed by atoms with van der Waals surface area (Å²) in [5.41, 5.74) is 1.26. The van der Waals surface area contributed by atoms with E-state index in [9.17, 15) is 4.39 Å². The van der Waals surface area contributed by atoms with Gasteiger partial charge in [-0.25, -0.2) is 14.4 Å². The molecule has 0 radical (unpaired) electrons. The average Bonchev–Trinajstić information content (AvgIpc) is 2.42. The molecule has 0 aliphatic heterocycles. The summed E-state index contributed by atoms with van der Waals surface area (Å²) in [5, 5.41) is 6.15. The predicted octanol–water partition coefficient (Wildman–Crippen LogP) is 4.25. The quantitative estimate of drug-likeness (QED) is 0.855. The van der Waals surface area contributed by atoms with Crippen LogP contribution >= 0.6 is 15.9 Å². The Morgan fingerprint density at radius 3 is 2.70 bits per heavy atom. The van der Waals surface area contributed by atoms with Crippen molar-refractivity contribution in [3.8, 4) is 0 Å². The molecular formula is C14H16BrFN4. The van der Waals surface area contributed by atoms with Gasteiger partial charge in [0.25, 0.3) is 0 Å². The first-order valence-electron chi connectivity index (χ1n) is 6.39. The van der Waals surface area contributed by atoms with Crippen LogP contribution in [0.2, 0.25) is 0 Å². The molecule has 0 saturated carbocycles. The molecule has 2 rings (SSSR count). The molecule has 2 aromatic rings. The Kier molecular flexibility index (Phi) is 4.89. The maximum absolute atomic E-state index is 13.8. The third-order valence-electron chi connectivity index (χ3n) is 2.71. The SMILES string of the molecule is CCCNc1ncnc(Nc2ccc(C)cc2F)c1Br. The van der Waals surface area contributed by atoms with Crippen LogP contribution in [-0.4, -0.2) is 16.5 Å². The molecule has 0 saturated heterocycles. The Morgan fingerprint density at radius 1 is 1.25 bits per heavy atom. The van der Waals surface area contributed by atoms with E-state index in [-0.39, 0.29) is 5.82 Å². The second-order valence-corrected chi connectivity index (χ2v) is 5.21. The lowest BCUT2D eigenvalue weighted by Gasteiger charge is -2.12. The fraction of sp³-hybridized carbons (Fsp3) is 0.286. The van der Waals surface area contributed by atoms with Gasteiger partial charge in [-0.3, -0.25) is 0 Å². The number of halogens is 2. The van der Waals surface area contributed by atoms with E-state index < -0.39 is 0 Å². The Labute approximate surface area is 126 Å². The van der Waals surface area contributed by atoms with Crippen molar-refractivity contribution < 1.29 is 4.39 Å². The van der Waals surface area contributed by atoms with Crippen LogP contribution in [0.3, 0.4) is 0 Å². The van der Waals surface area contributed by atoms with Crippen molar-refractivity contribution in [3.63, 3.8) is 0 Å². The standard InChI is InChI=1S/C14H16BrFN4/c1-3-6-17-13-12(15)14(19-8-18-13)20-11-5-4-9(2)7-10(11)16/h4-5,7-8H,3,6H2,1-2H3,(H2,17,18,19,20). The molecule has 0 fully saturated rings. The predicted molar refractivity (Wildman–Crippen MR) is 82.9 cm³/mol. The van der Waals surface area contributed by atoms with Crippen molar-refractivity contribution >= 4 is 33.3 Å². The molecule has 106 valence electrons. The minimum Gasteiger partial charge on any atom is -0.369 e. The van der Waals surface area contributed by atoms with E-state index >= 15 is 0 Å². The maximum atomic E-state index is 13.8. The lowest BCUT2D eigenvalue weighted by atomic mass is 10.2. The highest BCUT2D eigenvalue weighted by molar-refractivity contribution is 9.10. The summed E-state index contributed by atoms with van der Waals surface area (Å²) >= 11 is 3.44. The van der Waals surface area contributed by atoms with Gasteiger partial charge in [0.2, 0.25) is 0 Å². The van der Waals surface area contributed by atoms with Gasteiger partial charge in [0.1, 0.15) is 28.3 Å². The fourth-order valence-corrected chi connectivity index (χ4v) is 2.12. The number of nitrogens with zero attached hydrogens (tertiary/aromatic N) is 2. The van der Waals surface area contributed by atoms with Crippen LogP contribution < -0.4 is 10.6 Å². The molecular weight excluding hydrogens is 323 g/mol. The second-order valence-electron chi connectivity index (χ2n) is 4.42. The van der Waals surface area contributed by atoms with E-state index in [0.717, 1.165) is 18.5 Å². The highest BCUT2D eigenvalue weighted by Gasteiger charge is 2.10. The minimum absolute atomic E-state index is 0.307. The number of benzene rings is 1. The number of aromatic nitrogens is 2. The van der Waals surface area contributed by atoms with Gasteiger partial charge >= 0.3 is 0 Å². The van der Waals surface area contributed by atoms with Crippen LogP contribution in [-0.2, 0) is 0 Å². The number of hydrogen-bond acceptors (Lipinski definition) is 4. The van der Waals surface area contributed by atoms with E-state index in [1.54, 1.807) is 6.07 Å². The van der Waals surface area contributed by atoms with Crippen LogP contribution in [0.25, 0.3) is 0 Å². The van der Waals surface area contributed by atoms with Crippen LogP contribution in [0.1, 0.15) is 18.9 Å². The number of nitrogens with one attached hydrogen (secondary N) is 2. The summed E-state index contributed by atoms with van der Waals surface area (Å²) in [5.74, 6) is 0.914. The first-order chi connectivity index (χ1) is 9.61. The van der Waals surface area contributed by atoms with E-state index in [2.05, 4.69) is 43.5 Å². The summed E-state index contributed by atoms with van der Waals surface area (Å²) < 4.78 is 14.5. The van der Waals surface area contributed by atoms with Gasteiger partial charge in [-0.15, -0.1) is 0 Å². The zero-order chi connectivity index (χ0) is 14.5. The third-order valence-corrected chi connectivity index (χ3v) is 3.46. The molecule has 0 bridgehead atoms. The lowest BCUT2D eigenvalue weighted by Crippen LogP contribution is -2.05. The van der Waals surface area contributed by atoms with Gasteiger partial charge in [-0.05, 0) is 47.0 Å². The molecule has 0 spiro atoms. The van der Waals surface area contributed by atoms with E-state index in [0.29, 0.717) is 21.8 Å². The van der Waals surface area contributed by atoms with Crippen molar-refractivity contribution in [1.82, 2.24) is 9.97 Å². The van der Waals surface area contributed by atoms with Gasteiger partial charge in [-0.1, -0.05) is 13.0 Å². The summed E-state index contributed by atoms with van der Waals surface area (Å²) in [7, 11) is 0. The van der Waals surface area contributed by atoms with Gasteiger partial charge in [0.05, 0.1) is 5.69 Å². The topological polar surface area (TPSA) is 49.8 Å². The van der Waals surface area contributed by atoms with Gasteiger partial charge in [0, 0.05) is 6.54 Å². The van der Waals surface area contributed by atoms with Crippen LogP contribution in [0.4, 0.5) is 21.7 Å². The number of rotatable bonds is 5. The first kappa shape index (κ1) is 14.7. The molecule has 1 aromatic heterocycles. The first-order valence-corrected chi connectivity index (χ1v) is 7.18. The zero-order valence-electron chi connectivity index (χ0n) is 11.4. The van der Waals surface area contributed by atoms with E-state index in [1.165, 1.54) is 12.4 Å². The van der Waals surface area contributed by atoms with Gasteiger partial charge in [0.15, 0.2) is 0 Å². The molecule has 0 aliphatic rings. The summed E-state index contributed by atoms with van der Waals surface area (Å²) in [6, 6.07) is 5.02.